The van der Waals surface area contributed by atoms with Crippen LogP contribution in [0.2, 0.25) is 0 Å². The number of rotatable bonds is 6. The number of carbonyl (C=O) groups is 1. The first kappa shape index (κ1) is 18.2. The number of fused-ring (bicyclic) bond motifs is 1. The highest BCUT2D eigenvalue weighted by Crippen LogP contribution is 2.30. The maximum atomic E-state index is 13.2. The molecule has 1 aliphatic rings. The summed E-state index contributed by atoms with van der Waals surface area (Å²) in [6.07, 6.45) is 4.17. The Bertz CT molecular complexity index is 1130. The van der Waals surface area contributed by atoms with Crippen molar-refractivity contribution in [1.82, 2.24) is 19.4 Å². The molecular weight excluding hydrogens is 356 g/mol. The van der Waals surface area contributed by atoms with Crippen molar-refractivity contribution >= 4 is 16.9 Å². The summed E-state index contributed by atoms with van der Waals surface area (Å²) in [7, 11) is 0. The van der Waals surface area contributed by atoms with Crippen LogP contribution in [0.3, 0.4) is 0 Å². The Morgan fingerprint density at radius 2 is 2.00 bits per heavy atom. The number of pyridine rings is 1. The molecule has 7 heteroatoms. The lowest BCUT2D eigenvalue weighted by Crippen LogP contribution is -2.34. The van der Waals surface area contributed by atoms with E-state index in [-0.39, 0.29) is 17.3 Å². The molecular formula is C21H22N4O3. The molecule has 0 aliphatic heterocycles. The maximum absolute atomic E-state index is 13.2. The first-order chi connectivity index (χ1) is 13.6. The van der Waals surface area contributed by atoms with Crippen LogP contribution in [-0.2, 0) is 13.1 Å². The van der Waals surface area contributed by atoms with Crippen molar-refractivity contribution in [2.45, 2.75) is 45.3 Å². The molecule has 144 valence electrons. The van der Waals surface area contributed by atoms with Crippen LogP contribution in [-0.4, -0.2) is 31.4 Å². The highest BCUT2D eigenvalue weighted by atomic mass is 16.2. The lowest BCUT2D eigenvalue weighted by atomic mass is 10.1. The Labute approximate surface area is 161 Å². The maximum Gasteiger partial charge on any atom is 0.329 e. The fourth-order valence-electron chi connectivity index (χ4n) is 3.41. The molecule has 1 saturated carbocycles. The highest BCUT2D eigenvalue weighted by Gasteiger charge is 2.33. The van der Waals surface area contributed by atoms with Crippen LogP contribution in [0.1, 0.15) is 42.1 Å². The molecule has 4 rings (SSSR count). The number of benzene rings is 1. The van der Waals surface area contributed by atoms with Crippen LogP contribution in [0.25, 0.3) is 11.0 Å². The van der Waals surface area contributed by atoms with Gasteiger partial charge in [-0.05, 0) is 30.9 Å². The molecule has 1 aliphatic carbocycles. The Balaban J connectivity index is 1.72. The van der Waals surface area contributed by atoms with E-state index in [0.29, 0.717) is 24.3 Å². The van der Waals surface area contributed by atoms with Crippen LogP contribution in [0.15, 0.2) is 52.2 Å². The van der Waals surface area contributed by atoms with E-state index in [0.717, 1.165) is 24.8 Å². The summed E-state index contributed by atoms with van der Waals surface area (Å²) in [4.78, 5) is 46.0. The number of hydrogen-bond donors (Lipinski definition) is 1. The molecule has 0 saturated heterocycles. The van der Waals surface area contributed by atoms with Crippen LogP contribution in [0.4, 0.5) is 0 Å². The molecule has 7 nitrogen and oxygen atoms in total. The lowest BCUT2D eigenvalue weighted by Gasteiger charge is -2.22. The second kappa shape index (κ2) is 7.42. The predicted octanol–water partition coefficient (Wildman–Crippen LogP) is 2.30. The van der Waals surface area contributed by atoms with E-state index in [1.54, 1.807) is 6.07 Å². The second-order valence-electron chi connectivity index (χ2n) is 7.16. The molecule has 28 heavy (non-hydrogen) atoms. The van der Waals surface area contributed by atoms with Gasteiger partial charge in [-0.3, -0.25) is 19.1 Å². The Hall–Kier alpha value is -3.22. The van der Waals surface area contributed by atoms with E-state index in [1.165, 1.54) is 10.8 Å². The fraction of sp³-hybridized carbons (Fsp3) is 0.333. The van der Waals surface area contributed by atoms with Crippen molar-refractivity contribution < 1.29 is 4.79 Å². The number of nitrogens with zero attached hydrogens (tertiary/aromatic N) is 3. The number of aromatic nitrogens is 3. The van der Waals surface area contributed by atoms with Crippen molar-refractivity contribution in [2.24, 2.45) is 0 Å². The van der Waals surface area contributed by atoms with Gasteiger partial charge in [-0.1, -0.05) is 37.3 Å². The topological polar surface area (TPSA) is 88.1 Å². The molecule has 1 amide bonds. The fourth-order valence-corrected chi connectivity index (χ4v) is 3.41. The first-order valence-corrected chi connectivity index (χ1v) is 9.56. The molecule has 0 bridgehead atoms. The lowest BCUT2D eigenvalue weighted by molar-refractivity contribution is 0.0729. The normalized spacial score (nSPS) is 13.6. The van der Waals surface area contributed by atoms with Crippen molar-refractivity contribution in [1.29, 1.82) is 0 Å². The van der Waals surface area contributed by atoms with Crippen molar-refractivity contribution in [3.8, 4) is 0 Å². The van der Waals surface area contributed by atoms with Crippen molar-refractivity contribution in [3.05, 3.63) is 74.6 Å². The minimum absolute atomic E-state index is 0.145. The van der Waals surface area contributed by atoms with E-state index in [1.807, 2.05) is 42.2 Å². The van der Waals surface area contributed by atoms with Gasteiger partial charge in [0.05, 0.1) is 10.9 Å². The average molecular weight is 378 g/mol. The smallest absolute Gasteiger partial charge is 0.329 e. The summed E-state index contributed by atoms with van der Waals surface area (Å²) in [5.41, 5.74) is 0.743. The highest BCUT2D eigenvalue weighted by molar-refractivity contribution is 5.97. The largest absolute Gasteiger partial charge is 0.331 e. The zero-order valence-corrected chi connectivity index (χ0v) is 15.7. The summed E-state index contributed by atoms with van der Waals surface area (Å²) in [6, 6.07) is 11.6. The molecule has 0 atom stereocenters. The van der Waals surface area contributed by atoms with E-state index < -0.39 is 11.2 Å². The summed E-state index contributed by atoms with van der Waals surface area (Å²) in [5, 5.41) is 0.259. The monoisotopic (exact) mass is 378 g/mol. The van der Waals surface area contributed by atoms with Crippen molar-refractivity contribution in [2.75, 3.05) is 0 Å². The van der Waals surface area contributed by atoms with Crippen LogP contribution in [0, 0.1) is 0 Å². The summed E-state index contributed by atoms with van der Waals surface area (Å²) in [5.74, 6) is -0.145. The molecule has 0 unspecified atom stereocenters. The van der Waals surface area contributed by atoms with E-state index >= 15 is 0 Å². The minimum atomic E-state index is -0.518. The van der Waals surface area contributed by atoms with Gasteiger partial charge in [-0.25, -0.2) is 9.78 Å². The average Bonchev–Trinajstić information content (AvgIpc) is 3.54. The molecule has 1 aromatic carbocycles. The summed E-state index contributed by atoms with van der Waals surface area (Å²) >= 11 is 0. The Morgan fingerprint density at radius 1 is 1.25 bits per heavy atom. The van der Waals surface area contributed by atoms with E-state index in [4.69, 9.17) is 0 Å². The van der Waals surface area contributed by atoms with Crippen LogP contribution < -0.4 is 11.2 Å². The van der Waals surface area contributed by atoms with Crippen molar-refractivity contribution in [3.63, 3.8) is 0 Å². The third-order valence-corrected chi connectivity index (χ3v) is 4.97. The van der Waals surface area contributed by atoms with Gasteiger partial charge < -0.3 is 4.90 Å². The SMILES string of the molecule is CCCn1c(=O)[nH]c(=O)c2cc(C(=O)N(Cc3ccccc3)C3CC3)cnc21. The van der Waals surface area contributed by atoms with Gasteiger partial charge in [-0.2, -0.15) is 0 Å². The molecule has 0 radical (unpaired) electrons. The Morgan fingerprint density at radius 3 is 2.68 bits per heavy atom. The first-order valence-electron chi connectivity index (χ1n) is 9.56. The van der Waals surface area contributed by atoms with Gasteiger partial charge in [0, 0.05) is 25.3 Å². The molecule has 2 heterocycles. The van der Waals surface area contributed by atoms with Gasteiger partial charge >= 0.3 is 5.69 Å². The molecule has 3 aromatic rings. The predicted molar refractivity (Wildman–Crippen MR) is 106 cm³/mol. The zero-order valence-electron chi connectivity index (χ0n) is 15.7. The third kappa shape index (κ3) is 3.47. The number of carbonyl (C=O) groups excluding carboxylic acids is 1. The van der Waals surface area contributed by atoms with E-state index in [9.17, 15) is 14.4 Å². The molecule has 2 aromatic heterocycles. The van der Waals surface area contributed by atoms with Crippen LogP contribution >= 0.6 is 0 Å². The van der Waals surface area contributed by atoms with Gasteiger partial charge in [-0.15, -0.1) is 0 Å². The minimum Gasteiger partial charge on any atom is -0.331 e. The number of aryl methyl sites for hydroxylation is 1. The second-order valence-corrected chi connectivity index (χ2v) is 7.16. The summed E-state index contributed by atoms with van der Waals surface area (Å²) < 4.78 is 1.44. The standard InChI is InChI=1S/C21H22N4O3/c1-2-10-24-18-17(19(26)23-21(24)28)11-15(12-22-18)20(27)25(16-8-9-16)13-14-6-4-3-5-7-14/h3-7,11-12,16H,2,8-10,13H2,1H3,(H,23,26,28). The van der Waals surface area contributed by atoms with Crippen LogP contribution in [0.5, 0.6) is 0 Å². The summed E-state index contributed by atoms with van der Waals surface area (Å²) in [6.45, 7) is 2.92. The third-order valence-electron chi connectivity index (χ3n) is 4.97. The number of H-pyrrole nitrogens is 1. The molecule has 1 fully saturated rings. The van der Waals surface area contributed by atoms with Gasteiger partial charge in [0.1, 0.15) is 5.65 Å². The zero-order chi connectivity index (χ0) is 19.7. The van der Waals surface area contributed by atoms with E-state index in [2.05, 4.69) is 9.97 Å². The van der Waals surface area contributed by atoms with Gasteiger partial charge in [0.2, 0.25) is 0 Å². The molecule has 0 spiro atoms. The van der Waals surface area contributed by atoms with Gasteiger partial charge in [0.15, 0.2) is 0 Å². The number of nitrogens with one attached hydrogen (secondary N) is 1. The quantitative estimate of drug-likeness (QED) is 0.713. The number of hydrogen-bond acceptors (Lipinski definition) is 4. The Kier molecular flexibility index (Phi) is 4.81. The molecule has 1 N–H and O–H groups in total. The number of amides is 1. The van der Waals surface area contributed by atoms with Gasteiger partial charge in [0.25, 0.3) is 11.5 Å². The number of aromatic amines is 1.